The number of rotatable bonds is 5. The van der Waals surface area contributed by atoms with Crippen LogP contribution >= 0.6 is 11.3 Å². The van der Waals surface area contributed by atoms with E-state index in [9.17, 15) is 9.59 Å². The third kappa shape index (κ3) is 4.34. The lowest BCUT2D eigenvalue weighted by molar-refractivity contribution is -0.122. The standard InChI is InChI=1S/C15H22N2O2S/c1-11-5-2-3-6-12(11)17-14(18)8-9-16-15(19)13-7-4-10-20-13/h4,7,10-12H,2-3,5-6,8-9H2,1H3,(H,16,19)(H,17,18)/t11-,12-/m1/s1. The monoisotopic (exact) mass is 294 g/mol. The molecule has 0 saturated heterocycles. The van der Waals surface area contributed by atoms with E-state index < -0.39 is 0 Å². The fourth-order valence-corrected chi connectivity index (χ4v) is 3.23. The van der Waals surface area contributed by atoms with E-state index >= 15 is 0 Å². The molecular formula is C15H22N2O2S. The fraction of sp³-hybridized carbons (Fsp3) is 0.600. The Kier molecular flexibility index (Phi) is 5.59. The average Bonchev–Trinajstić information content (AvgIpc) is 2.95. The topological polar surface area (TPSA) is 58.2 Å². The van der Waals surface area contributed by atoms with Crippen LogP contribution in [0.1, 0.15) is 48.7 Å². The molecule has 1 aromatic rings. The highest BCUT2D eigenvalue weighted by Gasteiger charge is 2.22. The Balaban J connectivity index is 1.66. The van der Waals surface area contributed by atoms with Gasteiger partial charge in [-0.15, -0.1) is 11.3 Å². The number of amides is 2. The normalized spacial score (nSPS) is 22.2. The Labute approximate surface area is 124 Å². The van der Waals surface area contributed by atoms with Gasteiger partial charge in [0.25, 0.3) is 5.91 Å². The van der Waals surface area contributed by atoms with Crippen LogP contribution in [0.25, 0.3) is 0 Å². The highest BCUT2D eigenvalue weighted by atomic mass is 32.1. The molecule has 1 aliphatic rings. The van der Waals surface area contributed by atoms with Gasteiger partial charge in [0.05, 0.1) is 4.88 Å². The van der Waals surface area contributed by atoms with Crippen molar-refractivity contribution in [3.63, 3.8) is 0 Å². The highest BCUT2D eigenvalue weighted by Crippen LogP contribution is 2.23. The van der Waals surface area contributed by atoms with Crippen molar-refractivity contribution >= 4 is 23.2 Å². The van der Waals surface area contributed by atoms with Crippen LogP contribution in [-0.2, 0) is 4.79 Å². The molecule has 1 aliphatic carbocycles. The van der Waals surface area contributed by atoms with Gasteiger partial charge >= 0.3 is 0 Å². The van der Waals surface area contributed by atoms with Crippen LogP contribution in [0.15, 0.2) is 17.5 Å². The van der Waals surface area contributed by atoms with E-state index in [0.717, 1.165) is 6.42 Å². The van der Waals surface area contributed by atoms with E-state index in [2.05, 4.69) is 17.6 Å². The summed E-state index contributed by atoms with van der Waals surface area (Å²) in [4.78, 5) is 24.2. The smallest absolute Gasteiger partial charge is 0.261 e. The van der Waals surface area contributed by atoms with Gasteiger partial charge in [0.1, 0.15) is 0 Å². The van der Waals surface area contributed by atoms with E-state index in [1.807, 2.05) is 11.4 Å². The molecule has 1 heterocycles. The first kappa shape index (κ1) is 15.0. The molecule has 5 heteroatoms. The third-order valence-corrected chi connectivity index (χ3v) is 4.71. The summed E-state index contributed by atoms with van der Waals surface area (Å²) < 4.78 is 0. The molecule has 2 amide bonds. The second kappa shape index (κ2) is 7.43. The summed E-state index contributed by atoms with van der Waals surface area (Å²) in [7, 11) is 0. The molecular weight excluding hydrogens is 272 g/mol. The minimum atomic E-state index is -0.0983. The van der Waals surface area contributed by atoms with Crippen molar-refractivity contribution in [2.75, 3.05) is 6.54 Å². The van der Waals surface area contributed by atoms with Crippen LogP contribution in [0.5, 0.6) is 0 Å². The summed E-state index contributed by atoms with van der Waals surface area (Å²) in [6.07, 6.45) is 5.09. The van der Waals surface area contributed by atoms with Crippen molar-refractivity contribution in [1.29, 1.82) is 0 Å². The molecule has 0 radical (unpaired) electrons. The third-order valence-electron chi connectivity index (χ3n) is 3.84. The van der Waals surface area contributed by atoms with Crippen LogP contribution in [0.4, 0.5) is 0 Å². The first-order valence-electron chi connectivity index (χ1n) is 7.28. The van der Waals surface area contributed by atoms with Crippen molar-refractivity contribution in [1.82, 2.24) is 10.6 Å². The predicted octanol–water partition coefficient (Wildman–Crippen LogP) is 2.56. The maximum absolute atomic E-state index is 11.9. The quantitative estimate of drug-likeness (QED) is 0.877. The average molecular weight is 294 g/mol. The van der Waals surface area contributed by atoms with E-state index in [1.165, 1.54) is 30.6 Å². The first-order chi connectivity index (χ1) is 9.66. The fourth-order valence-electron chi connectivity index (χ4n) is 2.59. The largest absolute Gasteiger partial charge is 0.353 e. The Morgan fingerprint density at radius 2 is 2.15 bits per heavy atom. The zero-order valence-electron chi connectivity index (χ0n) is 11.9. The van der Waals surface area contributed by atoms with Crippen molar-refractivity contribution in [2.45, 2.75) is 45.1 Å². The van der Waals surface area contributed by atoms with Crippen molar-refractivity contribution in [2.24, 2.45) is 5.92 Å². The molecule has 110 valence electrons. The lowest BCUT2D eigenvalue weighted by Gasteiger charge is -2.29. The molecule has 1 fully saturated rings. The number of nitrogens with one attached hydrogen (secondary N) is 2. The summed E-state index contributed by atoms with van der Waals surface area (Å²) in [5, 5.41) is 7.73. The van der Waals surface area contributed by atoms with Gasteiger partial charge in [-0.2, -0.15) is 0 Å². The Morgan fingerprint density at radius 3 is 2.85 bits per heavy atom. The molecule has 0 bridgehead atoms. The Hall–Kier alpha value is -1.36. The maximum atomic E-state index is 11.9. The highest BCUT2D eigenvalue weighted by molar-refractivity contribution is 7.12. The van der Waals surface area contributed by atoms with E-state index in [1.54, 1.807) is 6.07 Å². The van der Waals surface area contributed by atoms with Crippen molar-refractivity contribution in [3.8, 4) is 0 Å². The molecule has 2 atom stereocenters. The van der Waals surface area contributed by atoms with E-state index in [4.69, 9.17) is 0 Å². The molecule has 20 heavy (non-hydrogen) atoms. The van der Waals surface area contributed by atoms with Crippen LogP contribution < -0.4 is 10.6 Å². The van der Waals surface area contributed by atoms with Crippen LogP contribution in [0.2, 0.25) is 0 Å². The number of carbonyl (C=O) groups is 2. The molecule has 1 saturated carbocycles. The SMILES string of the molecule is C[C@@H]1CCCC[C@H]1NC(=O)CCNC(=O)c1cccs1. The second-order valence-corrected chi connectivity index (χ2v) is 6.37. The summed E-state index contributed by atoms with van der Waals surface area (Å²) >= 11 is 1.41. The Morgan fingerprint density at radius 1 is 1.35 bits per heavy atom. The number of thiophene rings is 1. The van der Waals surface area contributed by atoms with Gasteiger partial charge in [-0.3, -0.25) is 9.59 Å². The lowest BCUT2D eigenvalue weighted by Crippen LogP contribution is -2.42. The summed E-state index contributed by atoms with van der Waals surface area (Å²) in [6, 6.07) is 3.94. The summed E-state index contributed by atoms with van der Waals surface area (Å²) in [5.74, 6) is 0.502. The van der Waals surface area contributed by atoms with Gasteiger partial charge in [-0.25, -0.2) is 0 Å². The van der Waals surface area contributed by atoms with Gasteiger partial charge in [0.15, 0.2) is 0 Å². The number of carbonyl (C=O) groups excluding carboxylic acids is 2. The molecule has 0 spiro atoms. The minimum absolute atomic E-state index is 0.0372. The van der Waals surface area contributed by atoms with Crippen molar-refractivity contribution < 1.29 is 9.59 Å². The van der Waals surface area contributed by atoms with Crippen molar-refractivity contribution in [3.05, 3.63) is 22.4 Å². The molecule has 0 aromatic carbocycles. The van der Waals surface area contributed by atoms with Gasteiger partial charge in [0.2, 0.25) is 5.91 Å². The molecule has 0 unspecified atom stereocenters. The molecule has 4 nitrogen and oxygen atoms in total. The lowest BCUT2D eigenvalue weighted by atomic mass is 9.86. The molecule has 1 aromatic heterocycles. The van der Waals surface area contributed by atoms with Crippen LogP contribution in [-0.4, -0.2) is 24.4 Å². The van der Waals surface area contributed by atoms with Gasteiger partial charge in [-0.1, -0.05) is 25.8 Å². The van der Waals surface area contributed by atoms with Gasteiger partial charge in [0, 0.05) is 19.0 Å². The van der Waals surface area contributed by atoms with Gasteiger partial charge < -0.3 is 10.6 Å². The Bertz CT molecular complexity index is 445. The van der Waals surface area contributed by atoms with E-state index in [0.29, 0.717) is 29.8 Å². The molecule has 2 N–H and O–H groups in total. The van der Waals surface area contributed by atoms with Crippen LogP contribution in [0.3, 0.4) is 0 Å². The summed E-state index contributed by atoms with van der Waals surface area (Å²) in [5.41, 5.74) is 0. The maximum Gasteiger partial charge on any atom is 0.261 e. The zero-order chi connectivity index (χ0) is 14.4. The first-order valence-corrected chi connectivity index (χ1v) is 8.16. The van der Waals surface area contributed by atoms with Gasteiger partial charge in [-0.05, 0) is 30.2 Å². The summed E-state index contributed by atoms with van der Waals surface area (Å²) in [6.45, 7) is 2.59. The predicted molar refractivity (Wildman–Crippen MR) is 80.8 cm³/mol. The molecule has 0 aliphatic heterocycles. The zero-order valence-corrected chi connectivity index (χ0v) is 12.7. The molecule has 2 rings (SSSR count). The minimum Gasteiger partial charge on any atom is -0.353 e. The number of hydrogen-bond acceptors (Lipinski definition) is 3. The number of hydrogen-bond donors (Lipinski definition) is 2. The van der Waals surface area contributed by atoms with E-state index in [-0.39, 0.29) is 11.8 Å². The second-order valence-electron chi connectivity index (χ2n) is 5.42. The van der Waals surface area contributed by atoms with Crippen LogP contribution in [0, 0.1) is 5.92 Å².